The first-order chi connectivity index (χ1) is 9.70. The summed E-state index contributed by atoms with van der Waals surface area (Å²) in [6, 6.07) is 0. The van der Waals surface area contributed by atoms with E-state index in [2.05, 4.69) is 10.1 Å². The molecule has 0 N–H and O–H groups in total. The van der Waals surface area contributed by atoms with Crippen LogP contribution in [-0.4, -0.2) is 74.0 Å². The molecule has 0 aromatic heterocycles. The number of morpholine rings is 1. The van der Waals surface area contributed by atoms with Crippen LogP contribution in [-0.2, 0) is 14.4 Å². The van der Waals surface area contributed by atoms with Crippen molar-refractivity contribution in [3.05, 3.63) is 0 Å². The average Bonchev–Trinajstić information content (AvgIpc) is 2.96. The Hall–Kier alpha value is -1.14. The summed E-state index contributed by atoms with van der Waals surface area (Å²) in [5, 5.41) is 3.94. The van der Waals surface area contributed by atoms with Gasteiger partial charge in [-0.1, -0.05) is 12.1 Å². The molecule has 0 spiro atoms. The number of hydrogen-bond acceptors (Lipinski definition) is 5. The van der Waals surface area contributed by atoms with Crippen molar-refractivity contribution < 1.29 is 14.4 Å². The summed E-state index contributed by atoms with van der Waals surface area (Å²) in [5.74, 6) is 0.0409. The van der Waals surface area contributed by atoms with Crippen LogP contribution in [0.15, 0.2) is 5.16 Å². The fraction of sp³-hybridized carbons (Fsp3) is 0.857. The van der Waals surface area contributed by atoms with Crippen molar-refractivity contribution in [1.82, 2.24) is 9.80 Å². The van der Waals surface area contributed by atoms with E-state index >= 15 is 0 Å². The van der Waals surface area contributed by atoms with Crippen LogP contribution in [0, 0.1) is 0 Å². The van der Waals surface area contributed by atoms with E-state index < -0.39 is 6.10 Å². The molecule has 0 unspecified atom stereocenters. The zero-order valence-electron chi connectivity index (χ0n) is 12.5. The third kappa shape index (κ3) is 4.18. The molecule has 114 valence electrons. The molecule has 1 amide bonds. The van der Waals surface area contributed by atoms with Gasteiger partial charge in [0.05, 0.1) is 18.9 Å². The molecule has 20 heavy (non-hydrogen) atoms. The molecule has 1 saturated heterocycles. The van der Waals surface area contributed by atoms with Crippen molar-refractivity contribution in [3.8, 4) is 0 Å². The number of carbonyl (C=O) groups is 1. The van der Waals surface area contributed by atoms with Gasteiger partial charge in [-0.05, 0) is 12.8 Å². The Kier molecular flexibility index (Phi) is 5.79. The highest BCUT2D eigenvalue weighted by atomic mass is 16.6. The second kappa shape index (κ2) is 7.59. The molecule has 0 aliphatic carbocycles. The normalized spacial score (nSPS) is 23.3. The van der Waals surface area contributed by atoms with Gasteiger partial charge in [0.25, 0.3) is 5.91 Å². The van der Waals surface area contributed by atoms with Crippen LogP contribution in [0.4, 0.5) is 0 Å². The Morgan fingerprint density at radius 3 is 2.85 bits per heavy atom. The first kappa shape index (κ1) is 15.3. The van der Waals surface area contributed by atoms with Crippen LogP contribution in [0.3, 0.4) is 0 Å². The van der Waals surface area contributed by atoms with E-state index in [1.54, 1.807) is 4.90 Å². The van der Waals surface area contributed by atoms with Gasteiger partial charge in [-0.25, -0.2) is 0 Å². The van der Waals surface area contributed by atoms with Gasteiger partial charge in [0.15, 0.2) is 0 Å². The molecule has 2 aliphatic rings. The van der Waals surface area contributed by atoms with E-state index in [1.807, 2.05) is 14.0 Å². The number of hydrogen-bond donors (Lipinski definition) is 0. The number of carbonyl (C=O) groups excluding carboxylic acids is 1. The second-order valence-corrected chi connectivity index (χ2v) is 5.38. The zero-order valence-corrected chi connectivity index (χ0v) is 12.5. The third-order valence-corrected chi connectivity index (χ3v) is 3.86. The lowest BCUT2D eigenvalue weighted by molar-refractivity contribution is -0.140. The van der Waals surface area contributed by atoms with E-state index in [-0.39, 0.29) is 5.91 Å². The topological polar surface area (TPSA) is 54.4 Å². The van der Waals surface area contributed by atoms with Crippen LogP contribution < -0.4 is 0 Å². The number of likely N-dealkylation sites (N-methyl/N-ethyl adjacent to an activating group) is 1. The summed E-state index contributed by atoms with van der Waals surface area (Å²) < 4.78 is 5.32. The van der Waals surface area contributed by atoms with Gasteiger partial charge in [0.2, 0.25) is 6.10 Å². The van der Waals surface area contributed by atoms with E-state index in [9.17, 15) is 4.79 Å². The van der Waals surface area contributed by atoms with Crippen molar-refractivity contribution >= 4 is 11.6 Å². The maximum Gasteiger partial charge on any atom is 0.266 e. The molecular formula is C14H25N3O3. The molecule has 0 bridgehead atoms. The summed E-state index contributed by atoms with van der Waals surface area (Å²) in [7, 11) is 1.84. The van der Waals surface area contributed by atoms with Gasteiger partial charge in [0, 0.05) is 39.6 Å². The van der Waals surface area contributed by atoms with Gasteiger partial charge >= 0.3 is 0 Å². The van der Waals surface area contributed by atoms with Crippen LogP contribution in [0.1, 0.15) is 26.2 Å². The third-order valence-electron chi connectivity index (χ3n) is 3.86. The van der Waals surface area contributed by atoms with Crippen LogP contribution in [0.25, 0.3) is 0 Å². The highest BCUT2D eigenvalue weighted by molar-refractivity contribution is 5.92. The Morgan fingerprint density at radius 1 is 1.45 bits per heavy atom. The SMILES string of the molecule is CCC1=NO[C@H](C(=O)N(C)CCCN2CCOCC2)C1. The predicted octanol–water partition coefficient (Wildman–Crippen LogP) is 0.722. The van der Waals surface area contributed by atoms with Crippen molar-refractivity contribution in [2.24, 2.45) is 5.16 Å². The maximum absolute atomic E-state index is 12.2. The Labute approximate surface area is 120 Å². The van der Waals surface area contributed by atoms with Crippen molar-refractivity contribution in [2.75, 3.05) is 46.4 Å². The number of rotatable bonds is 6. The number of oxime groups is 1. The highest BCUT2D eigenvalue weighted by Gasteiger charge is 2.29. The minimum Gasteiger partial charge on any atom is -0.382 e. The Morgan fingerprint density at radius 2 is 2.20 bits per heavy atom. The lowest BCUT2D eigenvalue weighted by Crippen LogP contribution is -2.40. The smallest absolute Gasteiger partial charge is 0.266 e. The van der Waals surface area contributed by atoms with Crippen molar-refractivity contribution in [1.29, 1.82) is 0 Å². The molecule has 6 heteroatoms. The number of ether oxygens (including phenoxy) is 1. The molecule has 0 saturated carbocycles. The highest BCUT2D eigenvalue weighted by Crippen LogP contribution is 2.14. The molecule has 2 aliphatic heterocycles. The van der Waals surface area contributed by atoms with Crippen LogP contribution in [0.5, 0.6) is 0 Å². The molecule has 1 atom stereocenters. The van der Waals surface area contributed by atoms with E-state index in [1.165, 1.54) is 0 Å². The number of amides is 1. The molecule has 2 heterocycles. The maximum atomic E-state index is 12.2. The lowest BCUT2D eigenvalue weighted by atomic mass is 10.1. The number of nitrogens with zero attached hydrogens (tertiary/aromatic N) is 3. The zero-order chi connectivity index (χ0) is 14.4. The lowest BCUT2D eigenvalue weighted by Gasteiger charge is -2.27. The first-order valence-corrected chi connectivity index (χ1v) is 7.47. The second-order valence-electron chi connectivity index (χ2n) is 5.38. The van der Waals surface area contributed by atoms with Gasteiger partial charge in [-0.3, -0.25) is 9.69 Å². The minimum absolute atomic E-state index is 0.0409. The summed E-state index contributed by atoms with van der Waals surface area (Å²) in [6.07, 6.45) is 2.07. The van der Waals surface area contributed by atoms with Crippen LogP contribution in [0.2, 0.25) is 0 Å². The molecule has 0 aromatic carbocycles. The first-order valence-electron chi connectivity index (χ1n) is 7.47. The minimum atomic E-state index is -0.404. The largest absolute Gasteiger partial charge is 0.382 e. The molecule has 6 nitrogen and oxygen atoms in total. The van der Waals surface area contributed by atoms with Crippen LogP contribution >= 0.6 is 0 Å². The van der Waals surface area contributed by atoms with Gasteiger partial charge in [-0.15, -0.1) is 0 Å². The van der Waals surface area contributed by atoms with Gasteiger partial charge in [-0.2, -0.15) is 0 Å². The quantitative estimate of drug-likeness (QED) is 0.721. The Bertz CT molecular complexity index is 354. The summed E-state index contributed by atoms with van der Waals surface area (Å²) in [6.45, 7) is 7.44. The molecule has 0 aromatic rings. The van der Waals surface area contributed by atoms with Crippen molar-refractivity contribution in [3.63, 3.8) is 0 Å². The summed E-state index contributed by atoms with van der Waals surface area (Å²) in [5.41, 5.74) is 0.977. The van der Waals surface area contributed by atoms with Crippen molar-refractivity contribution in [2.45, 2.75) is 32.3 Å². The summed E-state index contributed by atoms with van der Waals surface area (Å²) in [4.78, 5) is 21.5. The molecule has 0 radical (unpaired) electrons. The van der Waals surface area contributed by atoms with Gasteiger partial charge in [0.1, 0.15) is 0 Å². The monoisotopic (exact) mass is 283 g/mol. The van der Waals surface area contributed by atoms with E-state index in [0.717, 1.165) is 57.9 Å². The van der Waals surface area contributed by atoms with E-state index in [4.69, 9.17) is 9.57 Å². The fourth-order valence-corrected chi connectivity index (χ4v) is 2.48. The van der Waals surface area contributed by atoms with Gasteiger partial charge < -0.3 is 14.5 Å². The van der Waals surface area contributed by atoms with E-state index in [0.29, 0.717) is 6.42 Å². The molecule has 2 rings (SSSR count). The average molecular weight is 283 g/mol. The fourth-order valence-electron chi connectivity index (χ4n) is 2.48. The molecule has 1 fully saturated rings. The standard InChI is InChI=1S/C14H25N3O3/c1-3-12-11-13(20-15-12)14(18)16(2)5-4-6-17-7-9-19-10-8-17/h13H,3-11H2,1-2H3/t13-/m0/s1. The summed E-state index contributed by atoms with van der Waals surface area (Å²) >= 11 is 0. The Balaban J connectivity index is 1.64. The molecular weight excluding hydrogens is 258 g/mol. The predicted molar refractivity (Wildman–Crippen MR) is 76.7 cm³/mol.